The molecule has 0 amide bonds. The largest absolute Gasteiger partial charge is 0.489 e. The summed E-state index contributed by atoms with van der Waals surface area (Å²) in [6.07, 6.45) is 0.985. The van der Waals surface area contributed by atoms with Crippen molar-refractivity contribution in [3.8, 4) is 5.75 Å². The van der Waals surface area contributed by atoms with Gasteiger partial charge < -0.3 is 10.1 Å². The summed E-state index contributed by atoms with van der Waals surface area (Å²) in [6.45, 7) is 6.51. The van der Waals surface area contributed by atoms with E-state index in [-0.39, 0.29) is 0 Å². The molecule has 3 rings (SSSR count). The molecule has 2 aromatic carbocycles. The highest BCUT2D eigenvalue weighted by molar-refractivity contribution is 5.33. The summed E-state index contributed by atoms with van der Waals surface area (Å²) < 4.78 is 7.98. The second-order valence-corrected chi connectivity index (χ2v) is 6.58. The molecule has 0 saturated heterocycles. The molecule has 1 N–H and O–H groups in total. The molecule has 0 aliphatic rings. The third kappa shape index (κ3) is 4.52. The molecule has 3 aromatic rings. The highest BCUT2D eigenvalue weighted by Crippen LogP contribution is 2.19. The van der Waals surface area contributed by atoms with Crippen molar-refractivity contribution in [2.45, 2.75) is 33.4 Å². The van der Waals surface area contributed by atoms with Crippen molar-refractivity contribution in [3.63, 3.8) is 0 Å². The van der Waals surface area contributed by atoms with Gasteiger partial charge in [-0.1, -0.05) is 48.5 Å². The first kappa shape index (κ1) is 18.2. The van der Waals surface area contributed by atoms with E-state index in [0.717, 1.165) is 31.0 Å². The van der Waals surface area contributed by atoms with E-state index < -0.39 is 0 Å². The lowest BCUT2D eigenvalue weighted by atomic mass is 10.1. The van der Waals surface area contributed by atoms with E-state index in [1.807, 2.05) is 42.1 Å². The number of ether oxygens (including phenoxy) is 1. The van der Waals surface area contributed by atoms with Crippen LogP contribution in [0.2, 0.25) is 0 Å². The van der Waals surface area contributed by atoms with Gasteiger partial charge in [0.25, 0.3) is 0 Å². The summed E-state index contributed by atoms with van der Waals surface area (Å²) in [5.74, 6) is 0.942. The maximum atomic E-state index is 6.03. The molecule has 1 aromatic heterocycles. The van der Waals surface area contributed by atoms with Gasteiger partial charge in [-0.2, -0.15) is 5.10 Å². The fourth-order valence-electron chi connectivity index (χ4n) is 3.14. The van der Waals surface area contributed by atoms with Crippen LogP contribution in [-0.2, 0) is 26.6 Å². The zero-order valence-corrected chi connectivity index (χ0v) is 15.8. The van der Waals surface area contributed by atoms with Crippen LogP contribution in [0.5, 0.6) is 5.75 Å². The Morgan fingerprint density at radius 2 is 1.73 bits per heavy atom. The fourth-order valence-corrected chi connectivity index (χ4v) is 3.14. The zero-order chi connectivity index (χ0) is 18.4. The molecule has 26 heavy (non-hydrogen) atoms. The first-order valence-corrected chi connectivity index (χ1v) is 9.09. The van der Waals surface area contributed by atoms with Crippen molar-refractivity contribution in [1.29, 1.82) is 0 Å². The highest BCUT2D eigenvalue weighted by Gasteiger charge is 2.09. The topological polar surface area (TPSA) is 39.1 Å². The smallest absolute Gasteiger partial charge is 0.124 e. The van der Waals surface area contributed by atoms with Gasteiger partial charge in [-0.3, -0.25) is 4.68 Å². The van der Waals surface area contributed by atoms with Gasteiger partial charge in [0, 0.05) is 24.8 Å². The third-order valence-corrected chi connectivity index (χ3v) is 4.74. The Balaban J connectivity index is 1.53. The van der Waals surface area contributed by atoms with Gasteiger partial charge in [0.1, 0.15) is 12.4 Å². The summed E-state index contributed by atoms with van der Waals surface area (Å²) >= 11 is 0. The number of para-hydroxylation sites is 1. The minimum Gasteiger partial charge on any atom is -0.489 e. The Labute approximate surface area is 155 Å². The lowest BCUT2D eigenvalue weighted by molar-refractivity contribution is 0.302. The van der Waals surface area contributed by atoms with Crippen LogP contribution in [0.1, 0.15) is 28.1 Å². The first-order chi connectivity index (χ1) is 12.6. The molecule has 0 saturated carbocycles. The van der Waals surface area contributed by atoms with Crippen LogP contribution in [-0.4, -0.2) is 16.3 Å². The van der Waals surface area contributed by atoms with Gasteiger partial charge in [0.15, 0.2) is 0 Å². The summed E-state index contributed by atoms with van der Waals surface area (Å²) in [5, 5.41) is 8.02. The average Bonchev–Trinajstić information content (AvgIpc) is 2.91. The molecular formula is C22H27N3O. The van der Waals surface area contributed by atoms with Crippen LogP contribution < -0.4 is 10.1 Å². The van der Waals surface area contributed by atoms with Gasteiger partial charge in [0.2, 0.25) is 0 Å². The molecular weight excluding hydrogens is 322 g/mol. The number of nitrogens with zero attached hydrogens (tertiary/aromatic N) is 2. The first-order valence-electron chi connectivity index (χ1n) is 9.09. The highest BCUT2D eigenvalue weighted by atomic mass is 16.5. The van der Waals surface area contributed by atoms with Crippen molar-refractivity contribution < 1.29 is 4.74 Å². The molecule has 1 heterocycles. The molecule has 4 nitrogen and oxygen atoms in total. The van der Waals surface area contributed by atoms with Gasteiger partial charge in [-0.25, -0.2) is 0 Å². The lowest BCUT2D eigenvalue weighted by Gasteiger charge is -2.12. The molecule has 0 aliphatic heterocycles. The second-order valence-electron chi connectivity index (χ2n) is 6.58. The van der Waals surface area contributed by atoms with Crippen LogP contribution in [0.3, 0.4) is 0 Å². The number of nitrogens with one attached hydrogen (secondary N) is 1. The molecule has 0 radical (unpaired) electrons. The lowest BCUT2D eigenvalue weighted by Crippen LogP contribution is -2.18. The monoisotopic (exact) mass is 349 g/mol. The maximum absolute atomic E-state index is 6.03. The van der Waals surface area contributed by atoms with Crippen molar-refractivity contribution in [2.24, 2.45) is 7.05 Å². The molecule has 0 unspecified atom stereocenters. The SMILES string of the molecule is Cc1nn(C)c(C)c1CCNCc1ccccc1OCc1ccccc1. The molecule has 0 fully saturated rings. The molecule has 0 bridgehead atoms. The quantitative estimate of drug-likeness (QED) is 0.626. The van der Waals surface area contributed by atoms with Crippen LogP contribution in [0.4, 0.5) is 0 Å². The van der Waals surface area contributed by atoms with E-state index in [1.54, 1.807) is 0 Å². The van der Waals surface area contributed by atoms with E-state index >= 15 is 0 Å². The molecule has 0 atom stereocenters. The van der Waals surface area contributed by atoms with Crippen LogP contribution >= 0.6 is 0 Å². The molecule has 4 heteroatoms. The summed E-state index contributed by atoms with van der Waals surface area (Å²) in [6, 6.07) is 18.5. The Kier molecular flexibility index (Phi) is 6.08. The Bertz CT molecular complexity index is 840. The summed E-state index contributed by atoms with van der Waals surface area (Å²) in [7, 11) is 2.00. The standard InChI is InChI=1S/C22H27N3O/c1-17-21(18(2)25(3)24-17)13-14-23-15-20-11-7-8-12-22(20)26-16-19-9-5-4-6-10-19/h4-12,23H,13-16H2,1-3H3. The summed E-state index contributed by atoms with van der Waals surface area (Å²) in [4.78, 5) is 0. The van der Waals surface area contributed by atoms with E-state index in [9.17, 15) is 0 Å². The van der Waals surface area contributed by atoms with Gasteiger partial charge in [-0.15, -0.1) is 0 Å². The molecule has 0 spiro atoms. The van der Waals surface area contributed by atoms with E-state index in [1.165, 1.54) is 22.4 Å². The van der Waals surface area contributed by atoms with Gasteiger partial charge in [-0.05, 0) is 44.0 Å². The van der Waals surface area contributed by atoms with Crippen molar-refractivity contribution in [1.82, 2.24) is 15.1 Å². The minimum absolute atomic E-state index is 0.589. The average molecular weight is 349 g/mol. The normalized spacial score (nSPS) is 10.9. The number of aromatic nitrogens is 2. The Morgan fingerprint density at radius 1 is 1.00 bits per heavy atom. The van der Waals surface area contributed by atoms with Crippen molar-refractivity contribution >= 4 is 0 Å². The number of rotatable bonds is 8. The van der Waals surface area contributed by atoms with Gasteiger partial charge in [0.05, 0.1) is 5.69 Å². The predicted molar refractivity (Wildman–Crippen MR) is 105 cm³/mol. The van der Waals surface area contributed by atoms with Crippen LogP contribution in [0.15, 0.2) is 54.6 Å². The van der Waals surface area contributed by atoms with E-state index in [4.69, 9.17) is 4.74 Å². The van der Waals surface area contributed by atoms with Crippen molar-refractivity contribution in [2.75, 3.05) is 6.54 Å². The number of hydrogen-bond donors (Lipinski definition) is 1. The third-order valence-electron chi connectivity index (χ3n) is 4.74. The predicted octanol–water partition coefficient (Wildman–Crippen LogP) is 3.95. The number of benzene rings is 2. The maximum Gasteiger partial charge on any atom is 0.124 e. The van der Waals surface area contributed by atoms with Crippen molar-refractivity contribution in [3.05, 3.63) is 82.7 Å². The minimum atomic E-state index is 0.589. The van der Waals surface area contributed by atoms with E-state index in [0.29, 0.717) is 6.61 Å². The van der Waals surface area contributed by atoms with Crippen LogP contribution in [0, 0.1) is 13.8 Å². The van der Waals surface area contributed by atoms with Crippen LogP contribution in [0.25, 0.3) is 0 Å². The Hall–Kier alpha value is -2.59. The fraction of sp³-hybridized carbons (Fsp3) is 0.318. The number of hydrogen-bond acceptors (Lipinski definition) is 3. The molecule has 0 aliphatic carbocycles. The van der Waals surface area contributed by atoms with Gasteiger partial charge >= 0.3 is 0 Å². The van der Waals surface area contributed by atoms with E-state index in [2.05, 4.69) is 48.5 Å². The molecule has 136 valence electrons. The second kappa shape index (κ2) is 8.68. The summed E-state index contributed by atoms with van der Waals surface area (Å²) in [5.41, 5.74) is 6.07. The zero-order valence-electron chi connectivity index (χ0n) is 15.8. The number of aryl methyl sites for hydroxylation is 2. The Morgan fingerprint density at radius 3 is 2.46 bits per heavy atom.